The predicted octanol–water partition coefficient (Wildman–Crippen LogP) is -0.483. The molecule has 0 N–H and O–H groups in total. The number of aromatic nitrogens is 3. The van der Waals surface area contributed by atoms with E-state index in [0.29, 0.717) is 0 Å². The van der Waals surface area contributed by atoms with Crippen molar-refractivity contribution in [2.75, 3.05) is 26.2 Å². The normalized spacial score (nSPS) is 11.8. The summed E-state index contributed by atoms with van der Waals surface area (Å²) in [5, 5.41) is 12.3. The molecule has 11 nitrogen and oxygen atoms in total. The summed E-state index contributed by atoms with van der Waals surface area (Å²) in [7, 11) is -0.814. The van der Waals surface area contributed by atoms with Crippen LogP contribution in [0.15, 0.2) is 33.6 Å². The van der Waals surface area contributed by atoms with Crippen LogP contribution in [-0.2, 0) is 14.8 Å². The van der Waals surface area contributed by atoms with Gasteiger partial charge in [0, 0.05) is 7.05 Å². The van der Waals surface area contributed by atoms with Gasteiger partial charge in [-0.3, -0.25) is 0 Å². The zero-order valence-corrected chi connectivity index (χ0v) is 15.7. The number of methoxy groups -OCH3 is 2. The van der Waals surface area contributed by atoms with Gasteiger partial charge in [-0.1, -0.05) is 12.1 Å². The minimum atomic E-state index is -4.49. The summed E-state index contributed by atoms with van der Waals surface area (Å²) in [5.74, 6) is -0.761. The van der Waals surface area contributed by atoms with Crippen molar-refractivity contribution < 1.29 is 27.8 Å². The van der Waals surface area contributed by atoms with Crippen molar-refractivity contribution in [3.8, 4) is 6.01 Å². The van der Waals surface area contributed by atoms with Crippen LogP contribution in [0.2, 0.25) is 0 Å². The van der Waals surface area contributed by atoms with Gasteiger partial charge in [0.25, 0.3) is 10.0 Å². The molecule has 1 aromatic heterocycles. The first-order chi connectivity index (χ1) is 12.7. The summed E-state index contributed by atoms with van der Waals surface area (Å²) < 4.78 is 37.7. The molecule has 0 saturated heterocycles. The third-order valence-electron chi connectivity index (χ3n) is 3.25. The highest BCUT2D eigenvalue weighted by atomic mass is 32.2. The van der Waals surface area contributed by atoms with Gasteiger partial charge in [-0.2, -0.15) is 27.8 Å². The average molecular weight is 394 g/mol. The molecule has 0 spiro atoms. The molecular weight excluding hydrogens is 378 g/mol. The van der Waals surface area contributed by atoms with E-state index in [1.807, 2.05) is 0 Å². The highest BCUT2D eigenvalue weighted by molar-refractivity contribution is 7.90. The minimum absolute atomic E-state index is 0.0453. The van der Waals surface area contributed by atoms with E-state index in [1.54, 1.807) is 6.92 Å². The van der Waals surface area contributed by atoms with Crippen LogP contribution in [0.25, 0.3) is 0 Å². The Kier molecular flexibility index (Phi) is 5.90. The van der Waals surface area contributed by atoms with Crippen molar-refractivity contribution in [1.82, 2.24) is 15.0 Å². The van der Waals surface area contributed by atoms with Gasteiger partial charge < -0.3 is 19.5 Å². The fourth-order valence-corrected chi connectivity index (χ4v) is 3.06. The summed E-state index contributed by atoms with van der Waals surface area (Å²) in [5.41, 5.74) is -0.239. The second-order valence-electron chi connectivity index (χ2n) is 5.07. The van der Waals surface area contributed by atoms with Gasteiger partial charge in [0.15, 0.2) is 0 Å². The summed E-state index contributed by atoms with van der Waals surface area (Å²) in [6, 6.07) is 4.04. The zero-order valence-electron chi connectivity index (χ0n) is 14.9. The molecule has 0 aliphatic carbocycles. The first-order valence-corrected chi connectivity index (χ1v) is 8.83. The predicted molar refractivity (Wildman–Crippen MR) is 91.9 cm³/mol. The highest BCUT2D eigenvalue weighted by Crippen LogP contribution is 2.19. The fourth-order valence-electron chi connectivity index (χ4n) is 1.95. The Morgan fingerprint density at radius 2 is 1.85 bits per heavy atom. The first-order valence-electron chi connectivity index (χ1n) is 7.39. The monoisotopic (exact) mass is 394 g/mol. The molecule has 1 aromatic carbocycles. The SMILES string of the molecule is COC(=O)c1ccccc1S(=O)(=O)N=C([O-])N(C)c1nc(C)nc(OC)n1. The number of aryl methyl sites for hydroxylation is 1. The number of amidine groups is 1. The van der Waals surface area contributed by atoms with Crippen LogP contribution in [0.1, 0.15) is 16.2 Å². The van der Waals surface area contributed by atoms with E-state index in [4.69, 9.17) is 4.74 Å². The number of anilines is 1. The van der Waals surface area contributed by atoms with Gasteiger partial charge in [0.1, 0.15) is 10.7 Å². The molecule has 27 heavy (non-hydrogen) atoms. The average Bonchev–Trinajstić information content (AvgIpc) is 2.65. The van der Waals surface area contributed by atoms with Crippen LogP contribution < -0.4 is 14.7 Å². The smallest absolute Gasteiger partial charge is 0.339 e. The Labute approximate surface area is 155 Å². The number of hydrogen-bond donors (Lipinski definition) is 0. The van der Waals surface area contributed by atoms with Gasteiger partial charge in [-0.25, -0.2) is 4.79 Å². The molecule has 1 heterocycles. The third kappa shape index (κ3) is 4.47. The Morgan fingerprint density at radius 3 is 2.48 bits per heavy atom. The Bertz CT molecular complexity index is 992. The molecule has 2 aromatic rings. The molecule has 12 heteroatoms. The fraction of sp³-hybridized carbons (Fsp3) is 0.267. The maximum absolute atomic E-state index is 12.5. The molecule has 0 fully saturated rings. The van der Waals surface area contributed by atoms with E-state index in [9.17, 15) is 18.3 Å². The highest BCUT2D eigenvalue weighted by Gasteiger charge is 2.22. The number of nitrogens with zero attached hydrogens (tertiary/aromatic N) is 5. The van der Waals surface area contributed by atoms with Crippen LogP contribution in [0, 0.1) is 6.92 Å². The maximum Gasteiger partial charge on any atom is 0.339 e. The Balaban J connectivity index is 2.45. The first kappa shape index (κ1) is 20.0. The lowest BCUT2D eigenvalue weighted by atomic mass is 10.2. The summed E-state index contributed by atoms with van der Waals surface area (Å²) >= 11 is 0. The Morgan fingerprint density at radius 1 is 1.19 bits per heavy atom. The van der Waals surface area contributed by atoms with Crippen molar-refractivity contribution in [2.45, 2.75) is 11.8 Å². The standard InChI is InChI=1S/C15H17N5O6S/c1-9-16-13(18-14(17-9)26-4)20(2)15(22)19-27(23,24)11-8-6-5-7-10(11)12(21)25-3/h5-8H,1-4H3,(H,19,22)/p-1. The lowest BCUT2D eigenvalue weighted by molar-refractivity contribution is -0.217. The van der Waals surface area contributed by atoms with E-state index in [1.165, 1.54) is 32.4 Å². The lowest BCUT2D eigenvalue weighted by Crippen LogP contribution is -2.39. The van der Waals surface area contributed by atoms with Gasteiger partial charge in [-0.05, 0) is 19.1 Å². The van der Waals surface area contributed by atoms with E-state index >= 15 is 0 Å². The number of esters is 1. The molecule has 2 rings (SSSR count). The van der Waals surface area contributed by atoms with E-state index < -0.39 is 26.9 Å². The topological polar surface area (TPSA) is 147 Å². The second kappa shape index (κ2) is 7.95. The van der Waals surface area contributed by atoms with Crippen molar-refractivity contribution >= 4 is 28.0 Å². The third-order valence-corrected chi connectivity index (χ3v) is 4.56. The number of benzene rings is 1. The quantitative estimate of drug-likeness (QED) is 0.370. The van der Waals surface area contributed by atoms with Gasteiger partial charge in [0.05, 0.1) is 25.8 Å². The molecule has 144 valence electrons. The molecular formula is C15H16N5O6S-. The number of hydrogen-bond acceptors (Lipinski definition) is 9. The number of sulfonamides is 1. The van der Waals surface area contributed by atoms with Crippen LogP contribution in [-0.4, -0.2) is 56.6 Å². The number of rotatable bonds is 5. The molecule has 0 atom stereocenters. The summed E-state index contributed by atoms with van der Waals surface area (Å²) in [4.78, 5) is 23.8. The van der Waals surface area contributed by atoms with Crippen LogP contribution in [0.4, 0.5) is 5.95 Å². The van der Waals surface area contributed by atoms with Crippen molar-refractivity contribution in [1.29, 1.82) is 0 Å². The molecule has 0 saturated carbocycles. The molecule has 0 aliphatic heterocycles. The van der Waals surface area contributed by atoms with Crippen LogP contribution >= 0.6 is 0 Å². The second-order valence-corrected chi connectivity index (χ2v) is 6.64. The lowest BCUT2D eigenvalue weighted by Gasteiger charge is -2.23. The van der Waals surface area contributed by atoms with Gasteiger partial charge in [0.2, 0.25) is 5.95 Å². The van der Waals surface area contributed by atoms with Crippen molar-refractivity contribution in [3.05, 3.63) is 35.7 Å². The summed E-state index contributed by atoms with van der Waals surface area (Å²) in [6.07, 6.45) is 0. The zero-order chi connectivity index (χ0) is 20.2. The summed E-state index contributed by atoms with van der Waals surface area (Å²) in [6.45, 7) is 1.55. The molecule has 0 radical (unpaired) electrons. The molecule has 0 unspecified atom stereocenters. The van der Waals surface area contributed by atoms with Crippen molar-refractivity contribution in [2.24, 2.45) is 4.40 Å². The van der Waals surface area contributed by atoms with Gasteiger partial charge in [-0.15, -0.1) is 0 Å². The van der Waals surface area contributed by atoms with Crippen LogP contribution in [0.3, 0.4) is 0 Å². The largest absolute Gasteiger partial charge is 0.845 e. The van der Waals surface area contributed by atoms with E-state index in [0.717, 1.165) is 18.1 Å². The molecule has 0 bridgehead atoms. The number of carbonyl (C=O) groups is 1. The number of ether oxygens (including phenoxy) is 2. The minimum Gasteiger partial charge on any atom is -0.845 e. The van der Waals surface area contributed by atoms with Gasteiger partial charge >= 0.3 is 12.0 Å². The number of carbonyl (C=O) groups excluding carboxylic acids is 1. The van der Waals surface area contributed by atoms with Crippen LogP contribution in [0.5, 0.6) is 6.01 Å². The Hall–Kier alpha value is -3.28. The maximum atomic E-state index is 12.5. The van der Waals surface area contributed by atoms with E-state index in [2.05, 4.69) is 24.1 Å². The molecule has 0 amide bonds. The van der Waals surface area contributed by atoms with E-state index in [-0.39, 0.29) is 23.3 Å². The molecule has 0 aliphatic rings. The van der Waals surface area contributed by atoms with Crippen molar-refractivity contribution in [3.63, 3.8) is 0 Å².